The molecule has 0 aliphatic heterocycles. The van der Waals surface area contributed by atoms with E-state index in [1.165, 1.54) is 0 Å². The summed E-state index contributed by atoms with van der Waals surface area (Å²) >= 11 is 6.03. The molecule has 0 radical (unpaired) electrons. The van der Waals surface area contributed by atoms with Crippen LogP contribution in [0, 0.1) is 6.92 Å². The fourth-order valence-electron chi connectivity index (χ4n) is 1.83. The van der Waals surface area contributed by atoms with Gasteiger partial charge in [-0.3, -0.25) is 0 Å². The topological polar surface area (TPSA) is 47.0 Å². The van der Waals surface area contributed by atoms with Crippen LogP contribution in [0.1, 0.15) is 38.1 Å². The number of anilines is 1. The first-order chi connectivity index (χ1) is 9.99. The molecule has 5 heteroatoms. The Bertz CT molecular complexity index is 629. The number of nitrogens with zero attached hydrogens (tertiary/aromatic N) is 2. The predicted molar refractivity (Wildman–Crippen MR) is 86.5 cm³/mol. The molecule has 1 aromatic carbocycles. The van der Waals surface area contributed by atoms with E-state index in [1.807, 2.05) is 32.0 Å². The summed E-state index contributed by atoms with van der Waals surface area (Å²) in [5.74, 6) is 3.02. The molecule has 1 heterocycles. The van der Waals surface area contributed by atoms with E-state index < -0.39 is 0 Å². The summed E-state index contributed by atoms with van der Waals surface area (Å²) in [6.45, 7) is 8.88. The van der Waals surface area contributed by atoms with Gasteiger partial charge >= 0.3 is 0 Å². The van der Waals surface area contributed by atoms with E-state index in [9.17, 15) is 0 Å². The molecule has 0 bridgehead atoms. The minimum absolute atomic E-state index is 0.234. The van der Waals surface area contributed by atoms with Gasteiger partial charge in [-0.2, -0.15) is 4.98 Å². The van der Waals surface area contributed by atoms with Gasteiger partial charge in [0.2, 0.25) is 5.88 Å². The number of hydrogen-bond donors (Lipinski definition) is 1. The third kappa shape index (κ3) is 4.08. The highest BCUT2D eigenvalue weighted by atomic mass is 35.5. The largest absolute Gasteiger partial charge is 0.439 e. The van der Waals surface area contributed by atoms with E-state index in [4.69, 9.17) is 16.3 Å². The molecule has 112 valence electrons. The molecule has 21 heavy (non-hydrogen) atoms. The van der Waals surface area contributed by atoms with Crippen LogP contribution in [-0.4, -0.2) is 16.5 Å². The van der Waals surface area contributed by atoms with E-state index in [0.29, 0.717) is 11.6 Å². The Morgan fingerprint density at radius 3 is 2.62 bits per heavy atom. The van der Waals surface area contributed by atoms with Crippen LogP contribution in [0.5, 0.6) is 11.6 Å². The Morgan fingerprint density at radius 1 is 1.24 bits per heavy atom. The Morgan fingerprint density at radius 2 is 2.00 bits per heavy atom. The number of nitrogens with one attached hydrogen (secondary N) is 1. The zero-order valence-electron chi connectivity index (χ0n) is 12.8. The van der Waals surface area contributed by atoms with Crippen LogP contribution < -0.4 is 10.1 Å². The number of halogens is 1. The average molecular weight is 306 g/mol. The van der Waals surface area contributed by atoms with Gasteiger partial charge in [0.25, 0.3) is 0 Å². The van der Waals surface area contributed by atoms with E-state index in [0.717, 1.165) is 28.8 Å². The molecular formula is C16H20ClN3O. The molecule has 2 rings (SSSR count). The van der Waals surface area contributed by atoms with Gasteiger partial charge in [-0.15, -0.1) is 0 Å². The standard InChI is InChI=1S/C16H20ClN3O/c1-5-18-14-9-15(20-16(19-14)10(2)3)21-12-6-7-13(17)11(4)8-12/h6-10H,5H2,1-4H3,(H,18,19,20). The minimum atomic E-state index is 0.234. The Kier molecular flexibility index (Phi) is 5.02. The second-order valence-electron chi connectivity index (χ2n) is 5.15. The number of aryl methyl sites for hydroxylation is 1. The van der Waals surface area contributed by atoms with Gasteiger partial charge in [0.1, 0.15) is 17.4 Å². The first-order valence-electron chi connectivity index (χ1n) is 7.06. The van der Waals surface area contributed by atoms with Crippen molar-refractivity contribution in [1.82, 2.24) is 9.97 Å². The fourth-order valence-corrected chi connectivity index (χ4v) is 1.94. The molecule has 0 amide bonds. The smallest absolute Gasteiger partial charge is 0.224 e. The molecular weight excluding hydrogens is 286 g/mol. The van der Waals surface area contributed by atoms with Crippen LogP contribution in [-0.2, 0) is 0 Å². The van der Waals surface area contributed by atoms with Gasteiger partial charge in [0, 0.05) is 23.6 Å². The lowest BCUT2D eigenvalue weighted by Gasteiger charge is -2.12. The van der Waals surface area contributed by atoms with Gasteiger partial charge in [0.15, 0.2) is 0 Å². The van der Waals surface area contributed by atoms with Crippen molar-refractivity contribution in [2.75, 3.05) is 11.9 Å². The summed E-state index contributed by atoms with van der Waals surface area (Å²) in [4.78, 5) is 8.93. The summed E-state index contributed by atoms with van der Waals surface area (Å²) < 4.78 is 5.84. The molecule has 0 atom stereocenters. The van der Waals surface area contributed by atoms with Gasteiger partial charge in [0.05, 0.1) is 0 Å². The molecule has 2 aromatic rings. The molecule has 0 unspecified atom stereocenters. The highest BCUT2D eigenvalue weighted by Gasteiger charge is 2.10. The van der Waals surface area contributed by atoms with E-state index >= 15 is 0 Å². The third-order valence-corrected chi connectivity index (χ3v) is 3.37. The fraction of sp³-hybridized carbons (Fsp3) is 0.375. The lowest BCUT2D eigenvalue weighted by molar-refractivity contribution is 0.457. The van der Waals surface area contributed by atoms with E-state index in [-0.39, 0.29) is 5.92 Å². The second-order valence-corrected chi connectivity index (χ2v) is 5.55. The number of benzene rings is 1. The summed E-state index contributed by atoms with van der Waals surface area (Å²) in [5.41, 5.74) is 0.971. The Hall–Kier alpha value is -1.81. The van der Waals surface area contributed by atoms with Crippen molar-refractivity contribution in [2.24, 2.45) is 0 Å². The molecule has 0 fully saturated rings. The molecule has 0 spiro atoms. The molecule has 1 aromatic heterocycles. The number of ether oxygens (including phenoxy) is 1. The molecule has 0 saturated carbocycles. The molecule has 4 nitrogen and oxygen atoms in total. The van der Waals surface area contributed by atoms with Crippen molar-refractivity contribution < 1.29 is 4.74 Å². The second kappa shape index (κ2) is 6.76. The van der Waals surface area contributed by atoms with Crippen molar-refractivity contribution in [1.29, 1.82) is 0 Å². The normalized spacial score (nSPS) is 10.8. The summed E-state index contributed by atoms with van der Waals surface area (Å²) in [6.07, 6.45) is 0. The summed E-state index contributed by atoms with van der Waals surface area (Å²) in [6, 6.07) is 7.35. The van der Waals surface area contributed by atoms with Crippen molar-refractivity contribution >= 4 is 17.4 Å². The Balaban J connectivity index is 2.31. The molecule has 0 aliphatic rings. The van der Waals surface area contributed by atoms with Gasteiger partial charge in [-0.1, -0.05) is 25.4 Å². The third-order valence-electron chi connectivity index (χ3n) is 2.95. The number of hydrogen-bond acceptors (Lipinski definition) is 4. The molecule has 1 N–H and O–H groups in total. The van der Waals surface area contributed by atoms with Crippen molar-refractivity contribution in [3.8, 4) is 11.6 Å². The minimum Gasteiger partial charge on any atom is -0.439 e. The predicted octanol–water partition coefficient (Wildman–Crippen LogP) is 4.79. The van der Waals surface area contributed by atoms with Gasteiger partial charge in [-0.25, -0.2) is 4.98 Å². The SMILES string of the molecule is CCNc1cc(Oc2ccc(Cl)c(C)c2)nc(C(C)C)n1. The molecule has 0 saturated heterocycles. The first kappa shape index (κ1) is 15.6. The zero-order valence-corrected chi connectivity index (χ0v) is 13.5. The highest BCUT2D eigenvalue weighted by Crippen LogP contribution is 2.27. The summed E-state index contributed by atoms with van der Waals surface area (Å²) in [5, 5.41) is 3.92. The molecule has 0 aliphatic carbocycles. The van der Waals surface area contributed by atoms with Gasteiger partial charge in [-0.05, 0) is 37.6 Å². The number of aromatic nitrogens is 2. The number of rotatable bonds is 5. The zero-order chi connectivity index (χ0) is 15.4. The van der Waals surface area contributed by atoms with Crippen LogP contribution in [0.3, 0.4) is 0 Å². The van der Waals surface area contributed by atoms with Crippen LogP contribution in [0.4, 0.5) is 5.82 Å². The maximum absolute atomic E-state index is 6.03. The van der Waals surface area contributed by atoms with Crippen molar-refractivity contribution in [2.45, 2.75) is 33.6 Å². The van der Waals surface area contributed by atoms with Crippen molar-refractivity contribution in [3.05, 3.63) is 40.7 Å². The van der Waals surface area contributed by atoms with Crippen molar-refractivity contribution in [3.63, 3.8) is 0 Å². The lowest BCUT2D eigenvalue weighted by Crippen LogP contribution is -2.05. The van der Waals surface area contributed by atoms with Crippen LogP contribution in [0.2, 0.25) is 5.02 Å². The van der Waals surface area contributed by atoms with Crippen LogP contribution in [0.25, 0.3) is 0 Å². The van der Waals surface area contributed by atoms with E-state index in [1.54, 1.807) is 6.07 Å². The van der Waals surface area contributed by atoms with Crippen LogP contribution in [0.15, 0.2) is 24.3 Å². The van der Waals surface area contributed by atoms with Gasteiger partial charge < -0.3 is 10.1 Å². The quantitative estimate of drug-likeness (QED) is 0.863. The monoisotopic (exact) mass is 305 g/mol. The maximum atomic E-state index is 6.03. The average Bonchev–Trinajstić information content (AvgIpc) is 2.43. The Labute approximate surface area is 130 Å². The highest BCUT2D eigenvalue weighted by molar-refractivity contribution is 6.31. The van der Waals surface area contributed by atoms with E-state index in [2.05, 4.69) is 29.1 Å². The first-order valence-corrected chi connectivity index (χ1v) is 7.44. The lowest BCUT2D eigenvalue weighted by atomic mass is 10.2. The maximum Gasteiger partial charge on any atom is 0.224 e. The summed E-state index contributed by atoms with van der Waals surface area (Å²) in [7, 11) is 0. The van der Waals surface area contributed by atoms with Crippen LogP contribution >= 0.6 is 11.6 Å².